The molecule has 2 N–H and O–H groups in total. The summed E-state index contributed by atoms with van der Waals surface area (Å²) >= 11 is 0. The molecule has 0 aliphatic heterocycles. The summed E-state index contributed by atoms with van der Waals surface area (Å²) < 4.78 is 0. The largest absolute Gasteiger partial charge is 0.389 e. The zero-order valence-electron chi connectivity index (χ0n) is 13.5. The Labute approximate surface area is 127 Å². The van der Waals surface area contributed by atoms with Gasteiger partial charge in [-0.25, -0.2) is 0 Å². The summed E-state index contributed by atoms with van der Waals surface area (Å²) in [6, 6.07) is 10.5. The molecule has 0 aliphatic rings. The molecule has 1 aromatic heterocycles. The number of aryl methyl sites for hydroxylation is 1. The van der Waals surface area contributed by atoms with Crippen molar-refractivity contribution in [2.75, 3.05) is 6.54 Å². The van der Waals surface area contributed by atoms with E-state index in [-0.39, 0.29) is 0 Å². The molecule has 1 atom stereocenters. The topological polar surface area (TPSA) is 45.1 Å². The fourth-order valence-electron chi connectivity index (χ4n) is 2.81. The first-order valence-electron chi connectivity index (χ1n) is 7.65. The minimum atomic E-state index is -0.649. The van der Waals surface area contributed by atoms with Gasteiger partial charge in [0.15, 0.2) is 0 Å². The van der Waals surface area contributed by atoms with Crippen molar-refractivity contribution in [2.45, 2.75) is 46.3 Å². The number of hydrogen-bond acceptors (Lipinski definition) is 3. The summed E-state index contributed by atoms with van der Waals surface area (Å²) in [5, 5.41) is 14.8. The smallest absolute Gasteiger partial charge is 0.0746 e. The van der Waals surface area contributed by atoms with Crippen LogP contribution in [0.25, 0.3) is 10.9 Å². The normalized spacial score (nSPS) is 14.6. The molecule has 114 valence electrons. The van der Waals surface area contributed by atoms with Gasteiger partial charge in [0.25, 0.3) is 0 Å². The SMILES string of the molecule is Cc1ccc2cc(CNCC(C)(O)CC(C)C)ccc2n1. The van der Waals surface area contributed by atoms with Gasteiger partial charge in [-0.3, -0.25) is 4.98 Å². The number of aromatic nitrogens is 1. The van der Waals surface area contributed by atoms with Gasteiger partial charge in [0.2, 0.25) is 0 Å². The Bertz CT molecular complexity index is 605. The standard InChI is InChI=1S/C18H26N2O/c1-13(2)10-18(4,21)12-19-11-15-6-8-17-16(9-15)7-5-14(3)20-17/h5-9,13,19,21H,10-12H2,1-4H3. The van der Waals surface area contributed by atoms with Crippen LogP contribution in [0.4, 0.5) is 0 Å². The summed E-state index contributed by atoms with van der Waals surface area (Å²) in [4.78, 5) is 4.51. The maximum absolute atomic E-state index is 10.3. The van der Waals surface area contributed by atoms with Crippen LogP contribution in [0.1, 0.15) is 38.4 Å². The summed E-state index contributed by atoms with van der Waals surface area (Å²) in [5.74, 6) is 0.497. The van der Waals surface area contributed by atoms with E-state index in [4.69, 9.17) is 0 Å². The van der Waals surface area contributed by atoms with Crippen LogP contribution in [0.5, 0.6) is 0 Å². The Hall–Kier alpha value is -1.45. The number of nitrogens with one attached hydrogen (secondary N) is 1. The molecule has 0 saturated carbocycles. The van der Waals surface area contributed by atoms with E-state index >= 15 is 0 Å². The molecule has 0 aliphatic carbocycles. The highest BCUT2D eigenvalue weighted by atomic mass is 16.3. The van der Waals surface area contributed by atoms with E-state index in [9.17, 15) is 5.11 Å². The third kappa shape index (κ3) is 4.80. The van der Waals surface area contributed by atoms with Gasteiger partial charge < -0.3 is 10.4 Å². The lowest BCUT2D eigenvalue weighted by Gasteiger charge is -2.25. The molecule has 0 fully saturated rings. The van der Waals surface area contributed by atoms with Crippen LogP contribution in [0.3, 0.4) is 0 Å². The van der Waals surface area contributed by atoms with Crippen molar-refractivity contribution in [2.24, 2.45) is 5.92 Å². The van der Waals surface area contributed by atoms with E-state index in [0.717, 1.165) is 29.6 Å². The van der Waals surface area contributed by atoms with Crippen LogP contribution >= 0.6 is 0 Å². The highest BCUT2D eigenvalue weighted by Gasteiger charge is 2.20. The predicted octanol–water partition coefficient (Wildman–Crippen LogP) is 3.43. The van der Waals surface area contributed by atoms with Crippen molar-refractivity contribution in [3.63, 3.8) is 0 Å². The highest BCUT2D eigenvalue weighted by Crippen LogP contribution is 2.17. The molecule has 1 aromatic carbocycles. The lowest BCUT2D eigenvalue weighted by atomic mass is 9.94. The van der Waals surface area contributed by atoms with Crippen LogP contribution in [-0.4, -0.2) is 22.2 Å². The van der Waals surface area contributed by atoms with Gasteiger partial charge in [-0.2, -0.15) is 0 Å². The third-order valence-corrected chi connectivity index (χ3v) is 3.58. The minimum Gasteiger partial charge on any atom is -0.389 e. The van der Waals surface area contributed by atoms with E-state index in [0.29, 0.717) is 12.5 Å². The van der Waals surface area contributed by atoms with Gasteiger partial charge in [0.05, 0.1) is 11.1 Å². The second-order valence-electron chi connectivity index (χ2n) is 6.68. The van der Waals surface area contributed by atoms with Crippen LogP contribution in [-0.2, 0) is 6.54 Å². The second kappa shape index (κ2) is 6.54. The predicted molar refractivity (Wildman–Crippen MR) is 88.3 cm³/mol. The minimum absolute atomic E-state index is 0.497. The van der Waals surface area contributed by atoms with Crippen molar-refractivity contribution in [1.82, 2.24) is 10.3 Å². The number of aliphatic hydroxyl groups is 1. The summed E-state index contributed by atoms with van der Waals surface area (Å²) in [5.41, 5.74) is 2.64. The molecule has 0 radical (unpaired) electrons. The van der Waals surface area contributed by atoms with Crippen LogP contribution in [0, 0.1) is 12.8 Å². The van der Waals surface area contributed by atoms with E-state index < -0.39 is 5.60 Å². The Morgan fingerprint density at radius 2 is 2.00 bits per heavy atom. The van der Waals surface area contributed by atoms with E-state index in [1.54, 1.807) is 0 Å². The van der Waals surface area contributed by atoms with Gasteiger partial charge in [-0.05, 0) is 49.9 Å². The first-order chi connectivity index (χ1) is 9.85. The quantitative estimate of drug-likeness (QED) is 0.855. The molecule has 21 heavy (non-hydrogen) atoms. The maximum Gasteiger partial charge on any atom is 0.0746 e. The number of pyridine rings is 1. The number of fused-ring (bicyclic) bond motifs is 1. The molecule has 1 unspecified atom stereocenters. The average molecular weight is 286 g/mol. The lowest BCUT2D eigenvalue weighted by Crippen LogP contribution is -2.38. The van der Waals surface area contributed by atoms with E-state index in [1.807, 2.05) is 19.9 Å². The first kappa shape index (κ1) is 15.9. The maximum atomic E-state index is 10.3. The number of rotatable bonds is 6. The summed E-state index contributed by atoms with van der Waals surface area (Å²) in [6.07, 6.45) is 0.806. The number of hydrogen-bond donors (Lipinski definition) is 2. The zero-order valence-corrected chi connectivity index (χ0v) is 13.5. The zero-order chi connectivity index (χ0) is 15.5. The Balaban J connectivity index is 1.96. The fourth-order valence-corrected chi connectivity index (χ4v) is 2.81. The molecule has 0 spiro atoms. The van der Waals surface area contributed by atoms with E-state index in [1.165, 1.54) is 5.56 Å². The molecular weight excluding hydrogens is 260 g/mol. The second-order valence-corrected chi connectivity index (χ2v) is 6.68. The van der Waals surface area contributed by atoms with Crippen molar-refractivity contribution in [3.8, 4) is 0 Å². The molecule has 2 aromatic rings. The van der Waals surface area contributed by atoms with Gasteiger partial charge in [-0.1, -0.05) is 26.0 Å². The molecule has 0 amide bonds. The van der Waals surface area contributed by atoms with Crippen LogP contribution in [0.2, 0.25) is 0 Å². The van der Waals surface area contributed by atoms with Gasteiger partial charge >= 0.3 is 0 Å². The Morgan fingerprint density at radius 1 is 1.24 bits per heavy atom. The van der Waals surface area contributed by atoms with Gasteiger partial charge in [-0.15, -0.1) is 0 Å². The van der Waals surface area contributed by atoms with Crippen molar-refractivity contribution in [3.05, 3.63) is 41.6 Å². The van der Waals surface area contributed by atoms with Crippen LogP contribution in [0.15, 0.2) is 30.3 Å². The summed E-state index contributed by atoms with van der Waals surface area (Å²) in [7, 11) is 0. The van der Waals surface area contributed by atoms with Gasteiger partial charge in [0.1, 0.15) is 0 Å². The summed E-state index contributed by atoms with van der Waals surface area (Å²) in [6.45, 7) is 9.53. The van der Waals surface area contributed by atoms with Crippen molar-refractivity contribution in [1.29, 1.82) is 0 Å². The lowest BCUT2D eigenvalue weighted by molar-refractivity contribution is 0.0383. The van der Waals surface area contributed by atoms with Gasteiger partial charge in [0, 0.05) is 24.2 Å². The molecule has 1 heterocycles. The third-order valence-electron chi connectivity index (χ3n) is 3.58. The highest BCUT2D eigenvalue weighted by molar-refractivity contribution is 5.79. The number of nitrogens with zero attached hydrogens (tertiary/aromatic N) is 1. The Kier molecular flexibility index (Phi) is 4.96. The Morgan fingerprint density at radius 3 is 2.71 bits per heavy atom. The molecule has 3 heteroatoms. The first-order valence-corrected chi connectivity index (χ1v) is 7.65. The molecule has 0 bridgehead atoms. The van der Waals surface area contributed by atoms with Crippen LogP contribution < -0.4 is 5.32 Å². The molecular formula is C18H26N2O. The average Bonchev–Trinajstić information content (AvgIpc) is 2.37. The fraction of sp³-hybridized carbons (Fsp3) is 0.500. The van der Waals surface area contributed by atoms with Crippen molar-refractivity contribution < 1.29 is 5.11 Å². The van der Waals surface area contributed by atoms with E-state index in [2.05, 4.69) is 48.4 Å². The molecule has 3 nitrogen and oxygen atoms in total. The van der Waals surface area contributed by atoms with Crippen molar-refractivity contribution >= 4 is 10.9 Å². The molecule has 2 rings (SSSR count). The number of benzene rings is 1. The monoisotopic (exact) mass is 286 g/mol. The molecule has 0 saturated heterocycles.